The van der Waals surface area contributed by atoms with Crippen LogP contribution in [0.3, 0.4) is 0 Å². The fraction of sp³-hybridized carbons (Fsp3) is 0. The molecule has 0 heterocycles. The van der Waals surface area contributed by atoms with Crippen LogP contribution < -0.4 is 11.1 Å². The van der Waals surface area contributed by atoms with Crippen molar-refractivity contribution in [3.8, 4) is 0 Å². The average molecular weight is 282 g/mol. The fourth-order valence-electron chi connectivity index (χ4n) is 1.60. The maximum absolute atomic E-state index is 13.5. The van der Waals surface area contributed by atoms with Crippen LogP contribution in [-0.4, -0.2) is 11.1 Å². The molecule has 0 aliphatic rings. The molecule has 20 heavy (non-hydrogen) atoms. The van der Waals surface area contributed by atoms with Gasteiger partial charge in [0.25, 0.3) is 0 Å². The van der Waals surface area contributed by atoms with Crippen LogP contribution in [0.1, 0.15) is 10.4 Å². The van der Waals surface area contributed by atoms with Gasteiger partial charge in [-0.25, -0.2) is 18.0 Å². The summed E-state index contributed by atoms with van der Waals surface area (Å²) in [5, 5.41) is 11.4. The Hall–Kier alpha value is -2.70. The van der Waals surface area contributed by atoms with E-state index in [9.17, 15) is 18.0 Å². The molecule has 0 atom stereocenters. The van der Waals surface area contributed by atoms with Crippen LogP contribution in [0.2, 0.25) is 0 Å². The van der Waals surface area contributed by atoms with Crippen LogP contribution in [-0.2, 0) is 0 Å². The predicted octanol–water partition coefficient (Wildman–Crippen LogP) is 3.13. The van der Waals surface area contributed by atoms with E-state index in [2.05, 4.69) is 5.32 Å². The third-order valence-corrected chi connectivity index (χ3v) is 2.60. The number of carboxylic acids is 1. The van der Waals surface area contributed by atoms with Gasteiger partial charge in [-0.3, -0.25) is 0 Å². The maximum Gasteiger partial charge on any atom is 0.337 e. The number of anilines is 3. The average Bonchev–Trinajstić information content (AvgIpc) is 2.41. The summed E-state index contributed by atoms with van der Waals surface area (Å²) in [6.07, 6.45) is 0. The molecule has 7 heteroatoms. The van der Waals surface area contributed by atoms with E-state index in [4.69, 9.17) is 10.8 Å². The Kier molecular flexibility index (Phi) is 3.51. The number of hydrogen-bond acceptors (Lipinski definition) is 3. The molecule has 0 fully saturated rings. The van der Waals surface area contributed by atoms with E-state index < -0.39 is 23.4 Å². The molecule has 2 rings (SSSR count). The molecule has 2 aromatic carbocycles. The fourth-order valence-corrected chi connectivity index (χ4v) is 1.60. The normalized spacial score (nSPS) is 10.3. The lowest BCUT2D eigenvalue weighted by molar-refractivity contribution is 0.0698. The standard InChI is InChI=1S/C13H9F3N2O2/c14-8-2-4-10(12(16)11(8)15)18-6-1-3-9(17)7(5-6)13(19)20/h1-5,18H,17H2,(H,19,20). The molecule has 0 aromatic heterocycles. The number of rotatable bonds is 3. The Labute approximate surface area is 111 Å². The summed E-state index contributed by atoms with van der Waals surface area (Å²) >= 11 is 0. The first-order valence-electron chi connectivity index (χ1n) is 5.43. The Morgan fingerprint density at radius 1 is 1.10 bits per heavy atom. The van der Waals surface area contributed by atoms with E-state index >= 15 is 0 Å². The summed E-state index contributed by atoms with van der Waals surface area (Å²) in [7, 11) is 0. The smallest absolute Gasteiger partial charge is 0.337 e. The van der Waals surface area contributed by atoms with E-state index in [-0.39, 0.29) is 22.6 Å². The summed E-state index contributed by atoms with van der Waals surface area (Å²) < 4.78 is 39.3. The second-order valence-electron chi connectivity index (χ2n) is 3.96. The predicted molar refractivity (Wildman–Crippen MR) is 67.4 cm³/mol. The minimum Gasteiger partial charge on any atom is -0.478 e. The number of hydrogen-bond donors (Lipinski definition) is 3. The van der Waals surface area contributed by atoms with Gasteiger partial charge in [-0.15, -0.1) is 0 Å². The SMILES string of the molecule is Nc1ccc(Nc2ccc(F)c(F)c2F)cc1C(=O)O. The Bertz CT molecular complexity index is 690. The minimum absolute atomic E-state index is 0.0359. The molecule has 0 spiro atoms. The van der Waals surface area contributed by atoms with Gasteiger partial charge in [-0.1, -0.05) is 0 Å². The molecule has 0 aliphatic heterocycles. The summed E-state index contributed by atoms with van der Waals surface area (Å²) in [6, 6.07) is 5.63. The van der Waals surface area contributed by atoms with Crippen LogP contribution in [0, 0.1) is 17.5 Å². The van der Waals surface area contributed by atoms with Gasteiger partial charge >= 0.3 is 5.97 Å². The van der Waals surface area contributed by atoms with E-state index in [1.54, 1.807) is 0 Å². The Morgan fingerprint density at radius 3 is 2.45 bits per heavy atom. The maximum atomic E-state index is 13.5. The Morgan fingerprint density at radius 2 is 1.80 bits per heavy atom. The number of benzene rings is 2. The first-order valence-corrected chi connectivity index (χ1v) is 5.43. The van der Waals surface area contributed by atoms with Gasteiger partial charge in [0.05, 0.1) is 11.3 Å². The van der Waals surface area contributed by atoms with Crippen LogP contribution in [0.15, 0.2) is 30.3 Å². The number of carbonyl (C=O) groups is 1. The summed E-state index contributed by atoms with van der Waals surface area (Å²) in [4.78, 5) is 10.9. The van der Waals surface area contributed by atoms with Crippen molar-refractivity contribution in [1.82, 2.24) is 0 Å². The third kappa shape index (κ3) is 2.51. The van der Waals surface area contributed by atoms with Gasteiger partial charge < -0.3 is 16.2 Å². The zero-order chi connectivity index (χ0) is 14.9. The molecular weight excluding hydrogens is 273 g/mol. The molecule has 2 aromatic rings. The number of halogens is 3. The van der Waals surface area contributed by atoms with Crippen molar-refractivity contribution in [3.63, 3.8) is 0 Å². The van der Waals surface area contributed by atoms with E-state index in [1.165, 1.54) is 18.2 Å². The van der Waals surface area contributed by atoms with Gasteiger partial charge in [-0.2, -0.15) is 0 Å². The highest BCUT2D eigenvalue weighted by Gasteiger charge is 2.14. The van der Waals surface area contributed by atoms with Gasteiger partial charge in [-0.05, 0) is 30.3 Å². The van der Waals surface area contributed by atoms with Gasteiger partial charge in [0.1, 0.15) is 0 Å². The van der Waals surface area contributed by atoms with E-state index in [0.717, 1.165) is 12.1 Å². The van der Waals surface area contributed by atoms with Crippen molar-refractivity contribution in [2.75, 3.05) is 11.1 Å². The topological polar surface area (TPSA) is 75.3 Å². The molecule has 0 saturated heterocycles. The van der Waals surface area contributed by atoms with E-state index in [0.29, 0.717) is 0 Å². The number of carboxylic acid groups (broad SMARTS) is 1. The highest BCUT2D eigenvalue weighted by atomic mass is 19.2. The molecule has 0 amide bonds. The lowest BCUT2D eigenvalue weighted by Crippen LogP contribution is -2.04. The molecule has 104 valence electrons. The first kappa shape index (κ1) is 13.7. The summed E-state index contributed by atoms with van der Waals surface area (Å²) in [5.74, 6) is -5.56. The lowest BCUT2D eigenvalue weighted by Gasteiger charge is -2.10. The number of nitrogen functional groups attached to an aromatic ring is 1. The molecule has 0 aliphatic carbocycles. The Balaban J connectivity index is 2.38. The van der Waals surface area contributed by atoms with Crippen molar-refractivity contribution < 1.29 is 23.1 Å². The minimum atomic E-state index is -1.61. The van der Waals surface area contributed by atoms with Crippen molar-refractivity contribution in [2.24, 2.45) is 0 Å². The molecule has 4 nitrogen and oxygen atoms in total. The highest BCUT2D eigenvalue weighted by Crippen LogP contribution is 2.25. The molecule has 0 bridgehead atoms. The van der Waals surface area contributed by atoms with Crippen molar-refractivity contribution in [2.45, 2.75) is 0 Å². The monoisotopic (exact) mass is 282 g/mol. The van der Waals surface area contributed by atoms with Crippen LogP contribution in [0.5, 0.6) is 0 Å². The van der Waals surface area contributed by atoms with Crippen molar-refractivity contribution >= 4 is 23.0 Å². The van der Waals surface area contributed by atoms with Crippen molar-refractivity contribution in [1.29, 1.82) is 0 Å². The van der Waals surface area contributed by atoms with Gasteiger partial charge in [0, 0.05) is 11.4 Å². The molecule has 4 N–H and O–H groups in total. The zero-order valence-electron chi connectivity index (χ0n) is 9.95. The van der Waals surface area contributed by atoms with Crippen LogP contribution in [0.4, 0.5) is 30.2 Å². The van der Waals surface area contributed by atoms with Gasteiger partial charge in [0.2, 0.25) is 0 Å². The summed E-state index contributed by atoms with van der Waals surface area (Å²) in [6.45, 7) is 0. The molecule has 0 radical (unpaired) electrons. The van der Waals surface area contributed by atoms with Gasteiger partial charge in [0.15, 0.2) is 17.5 Å². The molecule has 0 saturated carbocycles. The van der Waals surface area contributed by atoms with Crippen LogP contribution >= 0.6 is 0 Å². The first-order chi connectivity index (χ1) is 9.40. The number of nitrogens with two attached hydrogens (primary N) is 1. The van der Waals surface area contributed by atoms with Crippen LogP contribution in [0.25, 0.3) is 0 Å². The number of nitrogens with one attached hydrogen (secondary N) is 1. The van der Waals surface area contributed by atoms with Crippen molar-refractivity contribution in [3.05, 3.63) is 53.3 Å². The molecular formula is C13H9F3N2O2. The second-order valence-corrected chi connectivity index (χ2v) is 3.96. The zero-order valence-corrected chi connectivity index (χ0v) is 9.95. The number of aromatic carboxylic acids is 1. The largest absolute Gasteiger partial charge is 0.478 e. The lowest BCUT2D eigenvalue weighted by atomic mass is 10.1. The third-order valence-electron chi connectivity index (χ3n) is 2.60. The summed E-state index contributed by atoms with van der Waals surface area (Å²) in [5.41, 5.74) is 5.19. The highest BCUT2D eigenvalue weighted by molar-refractivity contribution is 5.95. The quantitative estimate of drug-likeness (QED) is 0.597. The molecule has 0 unspecified atom stereocenters. The van der Waals surface area contributed by atoms with E-state index in [1.807, 2.05) is 0 Å². The second kappa shape index (κ2) is 5.12.